The van der Waals surface area contributed by atoms with E-state index in [1.807, 2.05) is 0 Å². The van der Waals surface area contributed by atoms with Crippen LogP contribution in [-0.4, -0.2) is 34.7 Å². The molecule has 1 atom stereocenters. The van der Waals surface area contributed by atoms with Crippen LogP contribution in [0.1, 0.15) is 24.1 Å². The maximum absolute atomic E-state index is 13.2. The van der Waals surface area contributed by atoms with E-state index in [2.05, 4.69) is 5.32 Å². The number of methoxy groups -OCH3 is 1. The third-order valence-electron chi connectivity index (χ3n) is 5.69. The summed E-state index contributed by atoms with van der Waals surface area (Å²) in [6.07, 6.45) is 0. The molecule has 0 aromatic heterocycles. The van der Waals surface area contributed by atoms with Crippen LogP contribution in [0.2, 0.25) is 0 Å². The van der Waals surface area contributed by atoms with Crippen molar-refractivity contribution in [3.05, 3.63) is 99.6 Å². The molecule has 0 bridgehead atoms. The SMILES string of the molecule is COc1ccc(C2/C(=C(/O)c3ccc([N+](=O)[O-])cc3)C(=O)C(=O)N2c2ccc(NC(C)=O)cc2)cc1. The number of non-ortho nitro benzene ring substituents is 1. The maximum Gasteiger partial charge on any atom is 0.300 e. The van der Waals surface area contributed by atoms with E-state index in [0.29, 0.717) is 22.7 Å². The summed E-state index contributed by atoms with van der Waals surface area (Å²) in [5.74, 6) is -1.92. The zero-order valence-electron chi connectivity index (χ0n) is 19.3. The number of ether oxygens (including phenoxy) is 1. The third kappa shape index (κ3) is 4.51. The Morgan fingerprint density at radius 3 is 2.14 bits per heavy atom. The smallest absolute Gasteiger partial charge is 0.300 e. The van der Waals surface area contributed by atoms with Crippen LogP contribution in [0.5, 0.6) is 5.75 Å². The summed E-state index contributed by atoms with van der Waals surface area (Å²) in [6, 6.07) is 17.1. The lowest BCUT2D eigenvalue weighted by Crippen LogP contribution is -2.29. The fourth-order valence-corrected chi connectivity index (χ4v) is 4.01. The normalized spacial score (nSPS) is 16.6. The minimum atomic E-state index is -0.988. The van der Waals surface area contributed by atoms with E-state index in [1.54, 1.807) is 48.5 Å². The molecule has 1 unspecified atom stereocenters. The van der Waals surface area contributed by atoms with E-state index in [0.717, 1.165) is 0 Å². The van der Waals surface area contributed by atoms with E-state index in [9.17, 15) is 29.6 Å². The number of aliphatic hydroxyl groups is 1. The highest BCUT2D eigenvalue weighted by atomic mass is 16.6. The topological polar surface area (TPSA) is 139 Å². The van der Waals surface area contributed by atoms with Crippen LogP contribution in [0.15, 0.2) is 78.4 Å². The number of carbonyl (C=O) groups excluding carboxylic acids is 3. The average Bonchev–Trinajstić information content (AvgIpc) is 3.14. The number of Topliss-reactive ketones (excluding diaryl/α,β-unsaturated/α-hetero) is 1. The van der Waals surface area contributed by atoms with E-state index in [-0.39, 0.29) is 22.7 Å². The molecular formula is C26H21N3O7. The van der Waals surface area contributed by atoms with Crippen LogP contribution in [0.4, 0.5) is 17.1 Å². The van der Waals surface area contributed by atoms with Crippen molar-refractivity contribution in [2.75, 3.05) is 17.3 Å². The summed E-state index contributed by atoms with van der Waals surface area (Å²) in [4.78, 5) is 49.4. The number of carbonyl (C=O) groups is 3. The van der Waals surface area contributed by atoms with Gasteiger partial charge in [-0.1, -0.05) is 12.1 Å². The van der Waals surface area contributed by atoms with Crippen LogP contribution in [0, 0.1) is 10.1 Å². The van der Waals surface area contributed by atoms with E-state index >= 15 is 0 Å². The monoisotopic (exact) mass is 487 g/mol. The van der Waals surface area contributed by atoms with Gasteiger partial charge in [-0.15, -0.1) is 0 Å². The van der Waals surface area contributed by atoms with Crippen LogP contribution >= 0.6 is 0 Å². The van der Waals surface area contributed by atoms with Crippen molar-refractivity contribution in [3.63, 3.8) is 0 Å². The highest BCUT2D eigenvalue weighted by molar-refractivity contribution is 6.51. The van der Waals surface area contributed by atoms with Crippen LogP contribution in [-0.2, 0) is 14.4 Å². The molecule has 0 saturated carbocycles. The first-order chi connectivity index (χ1) is 17.2. The second-order valence-electron chi connectivity index (χ2n) is 7.97. The fraction of sp³-hybridized carbons (Fsp3) is 0.115. The second kappa shape index (κ2) is 9.71. The molecule has 3 aromatic rings. The number of hydrogen-bond acceptors (Lipinski definition) is 7. The number of nitro benzene ring substituents is 1. The van der Waals surface area contributed by atoms with Gasteiger partial charge in [-0.3, -0.25) is 29.4 Å². The zero-order valence-corrected chi connectivity index (χ0v) is 19.3. The number of rotatable bonds is 6. The first kappa shape index (κ1) is 24.1. The summed E-state index contributed by atoms with van der Waals surface area (Å²) < 4.78 is 5.21. The van der Waals surface area contributed by atoms with Gasteiger partial charge in [-0.2, -0.15) is 0 Å². The number of nitrogens with zero attached hydrogens (tertiary/aromatic N) is 2. The Bertz CT molecular complexity index is 1380. The number of amides is 2. The molecule has 1 fully saturated rings. The summed E-state index contributed by atoms with van der Waals surface area (Å²) in [5.41, 5.74) is 1.22. The van der Waals surface area contributed by atoms with Gasteiger partial charge in [0.25, 0.3) is 17.4 Å². The van der Waals surface area contributed by atoms with Crippen molar-refractivity contribution in [1.29, 1.82) is 0 Å². The minimum Gasteiger partial charge on any atom is -0.507 e. The lowest BCUT2D eigenvalue weighted by Gasteiger charge is -2.25. The highest BCUT2D eigenvalue weighted by Gasteiger charge is 2.47. The molecule has 1 saturated heterocycles. The number of aliphatic hydroxyl groups excluding tert-OH is 1. The first-order valence-electron chi connectivity index (χ1n) is 10.8. The number of hydrogen-bond donors (Lipinski definition) is 2. The van der Waals surface area contributed by atoms with E-state index in [1.165, 1.54) is 43.2 Å². The van der Waals surface area contributed by atoms with Gasteiger partial charge in [0, 0.05) is 36.0 Å². The van der Waals surface area contributed by atoms with Gasteiger partial charge in [0.05, 0.1) is 23.6 Å². The minimum absolute atomic E-state index is 0.151. The molecule has 4 rings (SSSR count). The second-order valence-corrected chi connectivity index (χ2v) is 7.97. The molecule has 0 radical (unpaired) electrons. The van der Waals surface area contributed by atoms with Crippen molar-refractivity contribution in [3.8, 4) is 5.75 Å². The molecule has 10 heteroatoms. The predicted octanol–water partition coefficient (Wildman–Crippen LogP) is 4.19. The molecule has 0 aliphatic carbocycles. The highest BCUT2D eigenvalue weighted by Crippen LogP contribution is 2.42. The van der Waals surface area contributed by atoms with Gasteiger partial charge >= 0.3 is 0 Å². The van der Waals surface area contributed by atoms with Gasteiger partial charge in [0.15, 0.2) is 0 Å². The van der Waals surface area contributed by atoms with Crippen LogP contribution in [0.3, 0.4) is 0 Å². The molecule has 1 aliphatic heterocycles. The van der Waals surface area contributed by atoms with Crippen molar-refractivity contribution in [1.82, 2.24) is 0 Å². The number of nitrogens with one attached hydrogen (secondary N) is 1. The lowest BCUT2D eigenvalue weighted by atomic mass is 9.95. The quantitative estimate of drug-likeness (QED) is 0.175. The summed E-state index contributed by atoms with van der Waals surface area (Å²) in [6.45, 7) is 1.37. The number of anilines is 2. The molecule has 182 valence electrons. The summed E-state index contributed by atoms with van der Waals surface area (Å²) in [5, 5.41) is 24.8. The molecule has 1 heterocycles. The summed E-state index contributed by atoms with van der Waals surface area (Å²) >= 11 is 0. The molecule has 2 amide bonds. The van der Waals surface area contributed by atoms with Crippen LogP contribution < -0.4 is 15.0 Å². The predicted molar refractivity (Wildman–Crippen MR) is 132 cm³/mol. The van der Waals surface area contributed by atoms with Gasteiger partial charge in [-0.25, -0.2) is 0 Å². The lowest BCUT2D eigenvalue weighted by molar-refractivity contribution is -0.384. The largest absolute Gasteiger partial charge is 0.507 e. The van der Waals surface area contributed by atoms with Crippen molar-refractivity contribution < 1.29 is 29.2 Å². The molecule has 36 heavy (non-hydrogen) atoms. The number of ketones is 1. The first-order valence-corrected chi connectivity index (χ1v) is 10.8. The molecular weight excluding hydrogens is 466 g/mol. The van der Waals surface area contributed by atoms with Crippen LogP contribution in [0.25, 0.3) is 5.76 Å². The van der Waals surface area contributed by atoms with Gasteiger partial charge < -0.3 is 15.2 Å². The molecule has 3 aromatic carbocycles. The fourth-order valence-electron chi connectivity index (χ4n) is 4.01. The third-order valence-corrected chi connectivity index (χ3v) is 5.69. The van der Waals surface area contributed by atoms with Crippen molar-refractivity contribution in [2.24, 2.45) is 0 Å². The Morgan fingerprint density at radius 2 is 1.61 bits per heavy atom. The van der Waals surface area contributed by atoms with Gasteiger partial charge in [0.1, 0.15) is 11.5 Å². The Hall–Kier alpha value is -4.99. The average molecular weight is 487 g/mol. The number of nitro groups is 1. The Kier molecular flexibility index (Phi) is 6.51. The van der Waals surface area contributed by atoms with Crippen molar-refractivity contribution in [2.45, 2.75) is 13.0 Å². The molecule has 0 spiro atoms. The van der Waals surface area contributed by atoms with Gasteiger partial charge in [-0.05, 0) is 54.1 Å². The standard InChI is InChI=1S/C26H21N3O7/c1-15(30)27-18-7-11-19(12-8-18)28-23(16-5-13-21(36-2)14-6-16)22(25(32)26(28)33)24(31)17-3-9-20(10-4-17)29(34)35/h3-14,23,31H,1-2H3,(H,27,30)/b24-22-. The Labute approximate surface area is 205 Å². The molecule has 2 N–H and O–H groups in total. The van der Waals surface area contributed by atoms with Gasteiger partial charge in [0.2, 0.25) is 5.91 Å². The number of benzene rings is 3. The summed E-state index contributed by atoms with van der Waals surface area (Å²) in [7, 11) is 1.51. The molecule has 1 aliphatic rings. The Balaban J connectivity index is 1.85. The zero-order chi connectivity index (χ0) is 26.0. The Morgan fingerprint density at radius 1 is 1.00 bits per heavy atom. The maximum atomic E-state index is 13.2. The van der Waals surface area contributed by atoms with E-state index in [4.69, 9.17) is 4.74 Å². The van der Waals surface area contributed by atoms with E-state index < -0.39 is 28.4 Å². The molecule has 10 nitrogen and oxygen atoms in total. The van der Waals surface area contributed by atoms with Crippen molar-refractivity contribution >= 4 is 40.4 Å².